The normalized spacial score (nSPS) is 15.9. The Kier molecular flexibility index (Phi) is 4.38. The molecule has 3 nitrogen and oxygen atoms in total. The first kappa shape index (κ1) is 13.5. The number of benzene rings is 1. The molecule has 1 aromatic rings. The number of aliphatic hydroxyl groups is 2. The van der Waals surface area contributed by atoms with Crippen LogP contribution in [0.2, 0.25) is 0 Å². The number of ether oxygens (including phenoxy) is 1. The fourth-order valence-corrected chi connectivity index (χ4v) is 2.26. The molecule has 2 rings (SSSR count). The van der Waals surface area contributed by atoms with Crippen molar-refractivity contribution in [1.29, 1.82) is 0 Å². The Balaban J connectivity index is 2.11. The van der Waals surface area contributed by atoms with Crippen molar-refractivity contribution in [3.63, 3.8) is 0 Å². The molecule has 1 fully saturated rings. The number of aryl methyl sites for hydroxylation is 1. The first-order valence-electron chi connectivity index (χ1n) is 6.57. The van der Waals surface area contributed by atoms with Crippen molar-refractivity contribution >= 4 is 0 Å². The Morgan fingerprint density at radius 1 is 1.22 bits per heavy atom. The Bertz CT molecular complexity index is 381. The van der Waals surface area contributed by atoms with Crippen molar-refractivity contribution in [3.05, 3.63) is 35.4 Å². The molecular weight excluding hydrogens is 228 g/mol. The van der Waals surface area contributed by atoms with Gasteiger partial charge in [0.15, 0.2) is 0 Å². The maximum Gasteiger partial charge on any atom is 0.0651 e. The van der Waals surface area contributed by atoms with Gasteiger partial charge in [-0.05, 0) is 36.8 Å². The van der Waals surface area contributed by atoms with Crippen molar-refractivity contribution in [2.24, 2.45) is 5.92 Å². The average molecular weight is 250 g/mol. The van der Waals surface area contributed by atoms with Gasteiger partial charge in [0.25, 0.3) is 0 Å². The smallest absolute Gasteiger partial charge is 0.0651 e. The molecule has 0 spiro atoms. The molecule has 1 saturated carbocycles. The molecule has 18 heavy (non-hydrogen) atoms. The van der Waals surface area contributed by atoms with Crippen molar-refractivity contribution in [2.75, 3.05) is 26.4 Å². The second-order valence-electron chi connectivity index (χ2n) is 5.37. The van der Waals surface area contributed by atoms with Crippen LogP contribution in [-0.2, 0) is 10.2 Å². The molecule has 0 aromatic heterocycles. The van der Waals surface area contributed by atoms with E-state index in [1.807, 2.05) is 31.2 Å². The number of aliphatic hydroxyl groups excluding tert-OH is 2. The quantitative estimate of drug-likeness (QED) is 0.773. The molecule has 3 heteroatoms. The SMILES string of the molecule is Cc1ccccc1C(CO)(CO)COCC1CC1. The van der Waals surface area contributed by atoms with Crippen LogP contribution < -0.4 is 0 Å². The zero-order valence-corrected chi connectivity index (χ0v) is 10.9. The molecule has 1 aromatic carbocycles. The molecule has 100 valence electrons. The van der Waals surface area contributed by atoms with Gasteiger partial charge in [0.05, 0.1) is 25.2 Å². The minimum Gasteiger partial charge on any atom is -0.395 e. The summed E-state index contributed by atoms with van der Waals surface area (Å²) in [7, 11) is 0. The van der Waals surface area contributed by atoms with Crippen LogP contribution in [0.5, 0.6) is 0 Å². The van der Waals surface area contributed by atoms with Crippen LogP contribution in [-0.4, -0.2) is 36.6 Å². The maximum atomic E-state index is 9.70. The molecular formula is C15H22O3. The molecule has 0 radical (unpaired) electrons. The van der Waals surface area contributed by atoms with Crippen LogP contribution in [0.1, 0.15) is 24.0 Å². The van der Waals surface area contributed by atoms with E-state index in [1.54, 1.807) is 0 Å². The van der Waals surface area contributed by atoms with Gasteiger partial charge in [-0.2, -0.15) is 0 Å². The van der Waals surface area contributed by atoms with Crippen LogP contribution in [0.25, 0.3) is 0 Å². The van der Waals surface area contributed by atoms with Gasteiger partial charge < -0.3 is 14.9 Å². The average Bonchev–Trinajstić information content (AvgIpc) is 3.20. The van der Waals surface area contributed by atoms with Gasteiger partial charge >= 0.3 is 0 Å². The Hall–Kier alpha value is -0.900. The van der Waals surface area contributed by atoms with E-state index in [0.717, 1.165) is 17.7 Å². The van der Waals surface area contributed by atoms with Crippen LogP contribution in [0, 0.1) is 12.8 Å². The summed E-state index contributed by atoms with van der Waals surface area (Å²) in [6, 6.07) is 7.85. The van der Waals surface area contributed by atoms with Crippen LogP contribution in [0.4, 0.5) is 0 Å². The molecule has 1 aliphatic carbocycles. The van der Waals surface area contributed by atoms with Crippen LogP contribution >= 0.6 is 0 Å². The predicted molar refractivity (Wildman–Crippen MR) is 70.6 cm³/mol. The summed E-state index contributed by atoms with van der Waals surface area (Å²) in [4.78, 5) is 0. The molecule has 0 atom stereocenters. The number of hydrogen-bond acceptors (Lipinski definition) is 3. The summed E-state index contributed by atoms with van der Waals surface area (Å²) in [5, 5.41) is 19.4. The van der Waals surface area contributed by atoms with E-state index in [1.165, 1.54) is 12.8 Å². The predicted octanol–water partition coefficient (Wildman–Crippen LogP) is 1.64. The van der Waals surface area contributed by atoms with Gasteiger partial charge in [-0.3, -0.25) is 0 Å². The summed E-state index contributed by atoms with van der Waals surface area (Å²) in [6.45, 7) is 2.92. The highest BCUT2D eigenvalue weighted by Gasteiger charge is 2.33. The van der Waals surface area contributed by atoms with Crippen LogP contribution in [0.3, 0.4) is 0 Å². The number of hydrogen-bond donors (Lipinski definition) is 2. The Morgan fingerprint density at radius 3 is 2.44 bits per heavy atom. The summed E-state index contributed by atoms with van der Waals surface area (Å²) in [5.41, 5.74) is 1.38. The topological polar surface area (TPSA) is 49.7 Å². The first-order chi connectivity index (χ1) is 8.72. The zero-order valence-electron chi connectivity index (χ0n) is 10.9. The monoisotopic (exact) mass is 250 g/mol. The Labute approximate surface area is 108 Å². The van der Waals surface area contributed by atoms with E-state index in [4.69, 9.17) is 4.74 Å². The molecule has 2 N–H and O–H groups in total. The third-order valence-corrected chi connectivity index (χ3v) is 3.75. The maximum absolute atomic E-state index is 9.70. The summed E-state index contributed by atoms with van der Waals surface area (Å²) >= 11 is 0. The van der Waals surface area contributed by atoms with Gasteiger partial charge in [0, 0.05) is 6.61 Å². The van der Waals surface area contributed by atoms with E-state index in [2.05, 4.69) is 0 Å². The van der Waals surface area contributed by atoms with Crippen molar-refractivity contribution in [2.45, 2.75) is 25.2 Å². The minimum atomic E-state index is -0.680. The fourth-order valence-electron chi connectivity index (χ4n) is 2.26. The van der Waals surface area contributed by atoms with Gasteiger partial charge in [-0.15, -0.1) is 0 Å². The summed E-state index contributed by atoms with van der Waals surface area (Å²) < 4.78 is 5.69. The highest BCUT2D eigenvalue weighted by atomic mass is 16.5. The van der Waals surface area contributed by atoms with Crippen molar-refractivity contribution in [3.8, 4) is 0 Å². The zero-order chi connectivity index (χ0) is 13.0. The first-order valence-corrected chi connectivity index (χ1v) is 6.57. The van der Waals surface area contributed by atoms with E-state index >= 15 is 0 Å². The fraction of sp³-hybridized carbons (Fsp3) is 0.600. The minimum absolute atomic E-state index is 0.0982. The number of rotatable bonds is 7. The third-order valence-electron chi connectivity index (χ3n) is 3.75. The summed E-state index contributed by atoms with van der Waals surface area (Å²) in [6.07, 6.45) is 2.49. The van der Waals surface area contributed by atoms with Gasteiger partial charge in [0.2, 0.25) is 0 Å². The second-order valence-corrected chi connectivity index (χ2v) is 5.37. The highest BCUT2D eigenvalue weighted by Crippen LogP contribution is 2.31. The van der Waals surface area contributed by atoms with E-state index in [9.17, 15) is 10.2 Å². The molecule has 0 aliphatic heterocycles. The highest BCUT2D eigenvalue weighted by molar-refractivity contribution is 5.34. The summed E-state index contributed by atoms with van der Waals surface area (Å²) in [5.74, 6) is 0.692. The molecule has 0 amide bonds. The standard InChI is InChI=1S/C15H22O3/c1-12-4-2-3-5-14(12)15(9-16,10-17)11-18-8-13-6-7-13/h2-5,13,16-17H,6-11H2,1H3. The van der Waals surface area contributed by atoms with Gasteiger partial charge in [-0.1, -0.05) is 24.3 Å². The molecule has 0 unspecified atom stereocenters. The largest absolute Gasteiger partial charge is 0.395 e. The lowest BCUT2D eigenvalue weighted by molar-refractivity contribution is 0.0161. The van der Waals surface area contributed by atoms with E-state index in [-0.39, 0.29) is 13.2 Å². The third kappa shape index (κ3) is 2.91. The molecule has 0 saturated heterocycles. The van der Waals surface area contributed by atoms with Gasteiger partial charge in [-0.25, -0.2) is 0 Å². The van der Waals surface area contributed by atoms with E-state index in [0.29, 0.717) is 12.5 Å². The lowest BCUT2D eigenvalue weighted by Gasteiger charge is -2.31. The van der Waals surface area contributed by atoms with E-state index < -0.39 is 5.41 Å². The molecule has 1 aliphatic rings. The Morgan fingerprint density at radius 2 is 1.89 bits per heavy atom. The van der Waals surface area contributed by atoms with Gasteiger partial charge in [0.1, 0.15) is 0 Å². The van der Waals surface area contributed by atoms with Crippen molar-refractivity contribution in [1.82, 2.24) is 0 Å². The van der Waals surface area contributed by atoms with Crippen LogP contribution in [0.15, 0.2) is 24.3 Å². The molecule has 0 heterocycles. The second kappa shape index (κ2) is 5.83. The lowest BCUT2D eigenvalue weighted by Crippen LogP contribution is -2.40. The molecule has 0 bridgehead atoms. The lowest BCUT2D eigenvalue weighted by atomic mass is 9.80. The van der Waals surface area contributed by atoms with Crippen molar-refractivity contribution < 1.29 is 14.9 Å².